The highest BCUT2D eigenvalue weighted by Gasteiger charge is 2.30. The Morgan fingerprint density at radius 3 is 2.47 bits per heavy atom. The zero-order chi connectivity index (χ0) is 13.2. The molecule has 1 aromatic heterocycles. The van der Waals surface area contributed by atoms with Gasteiger partial charge in [-0.05, 0) is 12.8 Å². The monoisotopic (exact) mass is 258 g/mol. The second kappa shape index (κ2) is 5.42. The van der Waals surface area contributed by atoms with Gasteiger partial charge in [0.05, 0.1) is 16.0 Å². The number of pyridine rings is 1. The topological polar surface area (TPSA) is 76.3 Å². The highest BCUT2D eigenvalue weighted by atomic mass is 35.5. The molecule has 1 aromatic rings. The molecule has 1 rings (SSSR count). The first-order chi connectivity index (χ1) is 7.84. The van der Waals surface area contributed by atoms with Gasteiger partial charge in [-0.3, -0.25) is 15.1 Å². The van der Waals surface area contributed by atoms with Gasteiger partial charge in [0.25, 0.3) is 5.69 Å². The first-order valence-corrected chi connectivity index (χ1v) is 5.70. The molecule has 0 saturated carbocycles. The van der Waals surface area contributed by atoms with Gasteiger partial charge >= 0.3 is 0 Å². The average molecular weight is 259 g/mol. The van der Waals surface area contributed by atoms with Gasteiger partial charge in [0.15, 0.2) is 0 Å². The van der Waals surface area contributed by atoms with Crippen LogP contribution in [0, 0.1) is 16.0 Å². The lowest BCUT2D eigenvalue weighted by Crippen LogP contribution is -2.22. The van der Waals surface area contributed by atoms with Crippen LogP contribution in [0.1, 0.15) is 32.4 Å². The molecule has 0 aliphatic heterocycles. The zero-order valence-corrected chi connectivity index (χ0v) is 10.7. The maximum Gasteiger partial charge on any atom is 0.292 e. The number of aliphatic hydroxyl groups is 1. The average Bonchev–Trinajstić information content (AvgIpc) is 2.19. The van der Waals surface area contributed by atoms with Gasteiger partial charge in [-0.1, -0.05) is 25.4 Å². The molecule has 0 aliphatic rings. The van der Waals surface area contributed by atoms with Crippen LogP contribution in [0.3, 0.4) is 0 Å². The van der Waals surface area contributed by atoms with E-state index in [2.05, 4.69) is 4.98 Å². The number of aliphatic hydroxyl groups excluding tert-OH is 1. The van der Waals surface area contributed by atoms with Gasteiger partial charge < -0.3 is 5.11 Å². The van der Waals surface area contributed by atoms with Crippen LogP contribution in [0.5, 0.6) is 0 Å². The second-order valence-corrected chi connectivity index (χ2v) is 4.76. The Morgan fingerprint density at radius 2 is 2.06 bits per heavy atom. The lowest BCUT2D eigenvalue weighted by atomic mass is 9.87. The lowest BCUT2D eigenvalue weighted by molar-refractivity contribution is -0.386. The number of nitro groups is 1. The SMILES string of the molecule is CC(C)C(c1ncc(Cl)cc1[N+](=O)[O-])C(C)O. The van der Waals surface area contributed by atoms with Crippen molar-refractivity contribution in [1.82, 2.24) is 4.98 Å². The molecule has 17 heavy (non-hydrogen) atoms. The van der Waals surface area contributed by atoms with Crippen molar-refractivity contribution in [2.45, 2.75) is 32.8 Å². The maximum atomic E-state index is 10.9. The van der Waals surface area contributed by atoms with E-state index >= 15 is 0 Å². The first kappa shape index (κ1) is 13.9. The summed E-state index contributed by atoms with van der Waals surface area (Å²) >= 11 is 5.70. The summed E-state index contributed by atoms with van der Waals surface area (Å²) in [6, 6.07) is 1.27. The van der Waals surface area contributed by atoms with E-state index in [1.165, 1.54) is 12.3 Å². The number of rotatable bonds is 4. The molecule has 0 aromatic carbocycles. The van der Waals surface area contributed by atoms with E-state index in [4.69, 9.17) is 11.6 Å². The van der Waals surface area contributed by atoms with Crippen molar-refractivity contribution in [2.75, 3.05) is 0 Å². The third-order valence-electron chi connectivity index (χ3n) is 2.61. The Labute approximate surface area is 105 Å². The summed E-state index contributed by atoms with van der Waals surface area (Å²) in [5.74, 6) is -0.338. The van der Waals surface area contributed by atoms with Crippen LogP contribution < -0.4 is 0 Å². The van der Waals surface area contributed by atoms with Gasteiger partial charge in [-0.2, -0.15) is 0 Å². The normalized spacial score (nSPS) is 14.7. The van der Waals surface area contributed by atoms with Crippen LogP contribution in [0.2, 0.25) is 5.02 Å². The van der Waals surface area contributed by atoms with Crippen LogP contribution in [0.15, 0.2) is 12.3 Å². The van der Waals surface area contributed by atoms with Crippen LogP contribution in [0.25, 0.3) is 0 Å². The molecule has 0 radical (unpaired) electrons. The van der Waals surface area contributed by atoms with Crippen molar-refractivity contribution in [3.05, 3.63) is 33.1 Å². The van der Waals surface area contributed by atoms with Gasteiger partial charge in [0.2, 0.25) is 0 Å². The molecule has 0 aliphatic carbocycles. The molecule has 2 atom stereocenters. The molecule has 1 heterocycles. The highest BCUT2D eigenvalue weighted by Crippen LogP contribution is 2.33. The summed E-state index contributed by atoms with van der Waals surface area (Å²) in [5, 5.41) is 20.9. The Bertz CT molecular complexity index is 413. The van der Waals surface area contributed by atoms with Crippen LogP contribution in [-0.4, -0.2) is 21.1 Å². The van der Waals surface area contributed by atoms with E-state index in [1.807, 2.05) is 13.8 Å². The lowest BCUT2D eigenvalue weighted by Gasteiger charge is -2.22. The maximum absolute atomic E-state index is 10.9. The number of aromatic nitrogens is 1. The molecule has 2 unspecified atom stereocenters. The number of hydrogen-bond acceptors (Lipinski definition) is 4. The van der Waals surface area contributed by atoms with E-state index in [9.17, 15) is 15.2 Å². The summed E-state index contributed by atoms with van der Waals surface area (Å²) in [5.41, 5.74) is 0.140. The van der Waals surface area contributed by atoms with E-state index in [0.717, 1.165) is 0 Å². The summed E-state index contributed by atoms with van der Waals surface area (Å²) in [6.45, 7) is 5.37. The Balaban J connectivity index is 3.32. The van der Waals surface area contributed by atoms with E-state index < -0.39 is 11.0 Å². The minimum atomic E-state index is -0.706. The molecule has 6 heteroatoms. The first-order valence-electron chi connectivity index (χ1n) is 5.32. The number of hydrogen-bond donors (Lipinski definition) is 1. The molecule has 0 fully saturated rings. The summed E-state index contributed by atoms with van der Waals surface area (Å²) in [4.78, 5) is 14.4. The van der Waals surface area contributed by atoms with Crippen LogP contribution >= 0.6 is 11.6 Å². The molecular weight excluding hydrogens is 244 g/mol. The fraction of sp³-hybridized carbons (Fsp3) is 0.545. The molecule has 94 valence electrons. The molecule has 5 nitrogen and oxygen atoms in total. The number of nitrogens with zero attached hydrogens (tertiary/aromatic N) is 2. The molecule has 0 spiro atoms. The summed E-state index contributed by atoms with van der Waals surface area (Å²) < 4.78 is 0. The van der Waals surface area contributed by atoms with Crippen LogP contribution in [-0.2, 0) is 0 Å². The third-order valence-corrected chi connectivity index (χ3v) is 2.82. The molecule has 0 bridgehead atoms. The molecule has 0 amide bonds. The third kappa shape index (κ3) is 3.14. The van der Waals surface area contributed by atoms with E-state index in [-0.39, 0.29) is 28.2 Å². The van der Waals surface area contributed by atoms with Crippen molar-refractivity contribution >= 4 is 17.3 Å². The molecule has 0 saturated heterocycles. The van der Waals surface area contributed by atoms with Gasteiger partial charge in [0.1, 0.15) is 5.69 Å². The Hall–Kier alpha value is -1.20. The van der Waals surface area contributed by atoms with Gasteiger partial charge in [-0.15, -0.1) is 0 Å². The van der Waals surface area contributed by atoms with Crippen molar-refractivity contribution in [3.63, 3.8) is 0 Å². The van der Waals surface area contributed by atoms with Crippen molar-refractivity contribution in [2.24, 2.45) is 5.92 Å². The quantitative estimate of drug-likeness (QED) is 0.665. The highest BCUT2D eigenvalue weighted by molar-refractivity contribution is 6.30. The van der Waals surface area contributed by atoms with Crippen molar-refractivity contribution < 1.29 is 10.0 Å². The predicted molar refractivity (Wildman–Crippen MR) is 65.2 cm³/mol. The Kier molecular flexibility index (Phi) is 4.42. The van der Waals surface area contributed by atoms with Crippen molar-refractivity contribution in [3.8, 4) is 0 Å². The smallest absolute Gasteiger partial charge is 0.292 e. The van der Waals surface area contributed by atoms with Gasteiger partial charge in [0, 0.05) is 18.2 Å². The largest absolute Gasteiger partial charge is 0.393 e. The van der Waals surface area contributed by atoms with Gasteiger partial charge in [-0.25, -0.2) is 0 Å². The minimum absolute atomic E-state index is 0.0439. The van der Waals surface area contributed by atoms with E-state index in [0.29, 0.717) is 0 Å². The van der Waals surface area contributed by atoms with Crippen LogP contribution in [0.4, 0.5) is 5.69 Å². The minimum Gasteiger partial charge on any atom is -0.393 e. The van der Waals surface area contributed by atoms with Crippen molar-refractivity contribution in [1.29, 1.82) is 0 Å². The zero-order valence-electron chi connectivity index (χ0n) is 9.92. The molecule has 1 N–H and O–H groups in total. The fourth-order valence-corrected chi connectivity index (χ4v) is 2.10. The predicted octanol–water partition coefficient (Wildman–Crippen LogP) is 2.76. The summed E-state index contributed by atoms with van der Waals surface area (Å²) in [7, 11) is 0. The molecular formula is C11H15ClN2O3. The second-order valence-electron chi connectivity index (χ2n) is 4.33. The standard InChI is InChI=1S/C11H15ClN2O3/c1-6(2)10(7(3)15)11-9(14(16)17)4-8(12)5-13-11/h4-7,10,15H,1-3H3. The van der Waals surface area contributed by atoms with E-state index in [1.54, 1.807) is 6.92 Å². The number of halogens is 1. The fourth-order valence-electron chi connectivity index (χ4n) is 1.94. The Morgan fingerprint density at radius 1 is 1.47 bits per heavy atom. The summed E-state index contributed by atoms with van der Waals surface area (Å²) in [6.07, 6.45) is 0.657.